The Kier molecular flexibility index (Phi) is 3.46. The number of nitrogens with one attached hydrogen (secondary N) is 2. The van der Waals surface area contributed by atoms with Gasteiger partial charge >= 0.3 is 0 Å². The Hall–Kier alpha value is -2.10. The number of rotatable bonds is 5. The number of aromatic amines is 2. The van der Waals surface area contributed by atoms with Crippen LogP contribution < -0.4 is 0 Å². The van der Waals surface area contributed by atoms with Gasteiger partial charge < -0.3 is 9.97 Å². The molecule has 4 heteroatoms. The van der Waals surface area contributed by atoms with Gasteiger partial charge in [0.1, 0.15) is 0 Å². The third-order valence-corrected chi connectivity index (χ3v) is 3.16. The van der Waals surface area contributed by atoms with Gasteiger partial charge in [0, 0.05) is 0 Å². The maximum atomic E-state index is 10.9. The van der Waals surface area contributed by atoms with Crippen LogP contribution in [-0.4, -0.2) is 22.5 Å². The molecule has 0 aliphatic carbocycles. The highest BCUT2D eigenvalue weighted by atomic mass is 16.1. The fraction of sp³-hybridized carbons (Fsp3) is 0.286. The third kappa shape index (κ3) is 2.01. The van der Waals surface area contributed by atoms with Crippen LogP contribution in [0.15, 0.2) is 12.1 Å². The van der Waals surface area contributed by atoms with Crippen LogP contribution in [0, 0.1) is 0 Å². The zero-order valence-corrected chi connectivity index (χ0v) is 10.5. The normalized spacial score (nSPS) is 10.6. The van der Waals surface area contributed by atoms with Gasteiger partial charge in [-0.05, 0) is 36.1 Å². The number of hydrogen-bond acceptors (Lipinski definition) is 2. The summed E-state index contributed by atoms with van der Waals surface area (Å²) in [5.74, 6) is 0. The molecule has 4 nitrogen and oxygen atoms in total. The summed E-state index contributed by atoms with van der Waals surface area (Å²) in [6.07, 6.45) is 3.25. The highest BCUT2D eigenvalue weighted by molar-refractivity contribution is 5.80. The molecule has 2 rings (SSSR count). The van der Waals surface area contributed by atoms with Crippen LogP contribution in [-0.2, 0) is 12.8 Å². The van der Waals surface area contributed by atoms with Crippen molar-refractivity contribution < 1.29 is 9.59 Å². The molecule has 2 aromatic rings. The van der Waals surface area contributed by atoms with E-state index < -0.39 is 0 Å². The van der Waals surface area contributed by atoms with Crippen molar-refractivity contribution in [3.05, 3.63) is 34.6 Å². The van der Waals surface area contributed by atoms with Gasteiger partial charge in [0.05, 0.1) is 22.8 Å². The van der Waals surface area contributed by atoms with Crippen molar-refractivity contribution in [2.75, 3.05) is 0 Å². The SMILES string of the molecule is CCc1cc(-c2cc(CC)c(C=O)[nH]2)[nH]c1C=O. The second kappa shape index (κ2) is 5.04. The summed E-state index contributed by atoms with van der Waals surface area (Å²) in [5.41, 5.74) is 4.87. The Balaban J connectivity index is 2.48. The summed E-state index contributed by atoms with van der Waals surface area (Å²) in [6, 6.07) is 3.90. The summed E-state index contributed by atoms with van der Waals surface area (Å²) in [4.78, 5) is 28.0. The van der Waals surface area contributed by atoms with Crippen LogP contribution in [0.4, 0.5) is 0 Å². The highest BCUT2D eigenvalue weighted by Crippen LogP contribution is 2.23. The third-order valence-electron chi connectivity index (χ3n) is 3.16. The maximum Gasteiger partial charge on any atom is 0.166 e. The molecule has 0 unspecified atom stereocenters. The van der Waals surface area contributed by atoms with Crippen molar-refractivity contribution in [1.82, 2.24) is 9.97 Å². The average molecular weight is 244 g/mol. The fourth-order valence-corrected chi connectivity index (χ4v) is 2.11. The molecule has 0 saturated carbocycles. The number of hydrogen-bond donors (Lipinski definition) is 2. The molecule has 0 aromatic carbocycles. The van der Waals surface area contributed by atoms with Crippen LogP contribution in [0.5, 0.6) is 0 Å². The number of carbonyl (C=O) groups excluding carboxylic acids is 2. The molecule has 0 spiro atoms. The first kappa shape index (κ1) is 12.4. The van der Waals surface area contributed by atoms with E-state index in [1.54, 1.807) is 0 Å². The quantitative estimate of drug-likeness (QED) is 0.794. The summed E-state index contributed by atoms with van der Waals surface area (Å²) >= 11 is 0. The molecule has 0 saturated heterocycles. The monoisotopic (exact) mass is 244 g/mol. The summed E-state index contributed by atoms with van der Waals surface area (Å²) in [6.45, 7) is 4.01. The molecule has 2 aromatic heterocycles. The van der Waals surface area contributed by atoms with Crippen LogP contribution in [0.1, 0.15) is 46.0 Å². The minimum absolute atomic E-state index is 0.604. The van der Waals surface area contributed by atoms with E-state index in [1.807, 2.05) is 26.0 Å². The molecule has 94 valence electrons. The second-order valence-corrected chi connectivity index (χ2v) is 4.19. The van der Waals surface area contributed by atoms with Gasteiger partial charge in [0.15, 0.2) is 12.6 Å². The number of aldehydes is 2. The maximum absolute atomic E-state index is 10.9. The second-order valence-electron chi connectivity index (χ2n) is 4.19. The summed E-state index contributed by atoms with van der Waals surface area (Å²) < 4.78 is 0. The molecule has 0 fully saturated rings. The van der Waals surface area contributed by atoms with Crippen molar-refractivity contribution in [3.63, 3.8) is 0 Å². The topological polar surface area (TPSA) is 65.7 Å². The number of carbonyl (C=O) groups is 2. The van der Waals surface area contributed by atoms with Crippen molar-refractivity contribution in [1.29, 1.82) is 0 Å². The lowest BCUT2D eigenvalue weighted by molar-refractivity contribution is 0.111. The average Bonchev–Trinajstić information content (AvgIpc) is 3.01. The van der Waals surface area contributed by atoms with Crippen molar-refractivity contribution >= 4 is 12.6 Å². The molecule has 0 radical (unpaired) electrons. The molecule has 0 amide bonds. The van der Waals surface area contributed by atoms with Gasteiger partial charge in [-0.1, -0.05) is 13.8 Å². The van der Waals surface area contributed by atoms with Crippen LogP contribution in [0.25, 0.3) is 11.4 Å². The van der Waals surface area contributed by atoms with E-state index in [2.05, 4.69) is 9.97 Å². The first-order valence-electron chi connectivity index (χ1n) is 6.07. The Bertz CT molecular complexity index is 526. The molecule has 0 atom stereocenters. The zero-order valence-electron chi connectivity index (χ0n) is 10.5. The van der Waals surface area contributed by atoms with Gasteiger partial charge in [0.2, 0.25) is 0 Å². The standard InChI is InChI=1S/C14H16N2O2/c1-3-9-5-11(15-13(9)7-17)12-6-10(4-2)14(8-18)16-12/h5-8,15-16H,3-4H2,1-2H3. The molecular weight excluding hydrogens is 228 g/mol. The Morgan fingerprint density at radius 3 is 1.50 bits per heavy atom. The van der Waals surface area contributed by atoms with Crippen LogP contribution in [0.3, 0.4) is 0 Å². The number of aromatic nitrogens is 2. The predicted molar refractivity (Wildman–Crippen MR) is 70.1 cm³/mol. The van der Waals surface area contributed by atoms with Gasteiger partial charge in [-0.15, -0.1) is 0 Å². The first-order valence-corrected chi connectivity index (χ1v) is 6.07. The van der Waals surface area contributed by atoms with E-state index >= 15 is 0 Å². The molecule has 18 heavy (non-hydrogen) atoms. The fourth-order valence-electron chi connectivity index (χ4n) is 2.11. The lowest BCUT2D eigenvalue weighted by Crippen LogP contribution is -1.86. The Morgan fingerprint density at radius 1 is 0.889 bits per heavy atom. The first-order chi connectivity index (χ1) is 8.73. The van der Waals surface area contributed by atoms with Crippen molar-refractivity contribution in [2.45, 2.75) is 26.7 Å². The largest absolute Gasteiger partial charge is 0.351 e. The van der Waals surface area contributed by atoms with E-state index in [0.29, 0.717) is 11.4 Å². The smallest absolute Gasteiger partial charge is 0.166 e. The molecule has 2 heterocycles. The minimum atomic E-state index is 0.604. The lowest BCUT2D eigenvalue weighted by atomic mass is 10.1. The van der Waals surface area contributed by atoms with E-state index in [-0.39, 0.29) is 0 Å². The Labute approximate surface area is 105 Å². The lowest BCUT2D eigenvalue weighted by Gasteiger charge is -1.91. The van der Waals surface area contributed by atoms with E-state index in [9.17, 15) is 9.59 Å². The van der Waals surface area contributed by atoms with Crippen molar-refractivity contribution in [3.8, 4) is 11.4 Å². The van der Waals surface area contributed by atoms with Crippen molar-refractivity contribution in [2.24, 2.45) is 0 Å². The van der Waals surface area contributed by atoms with Gasteiger partial charge in [-0.25, -0.2) is 0 Å². The van der Waals surface area contributed by atoms with E-state index in [0.717, 1.165) is 47.9 Å². The van der Waals surface area contributed by atoms with E-state index in [1.165, 1.54) is 0 Å². The molecule has 0 aliphatic heterocycles. The summed E-state index contributed by atoms with van der Waals surface area (Å²) in [5, 5.41) is 0. The molecule has 2 N–H and O–H groups in total. The van der Waals surface area contributed by atoms with Gasteiger partial charge in [-0.2, -0.15) is 0 Å². The zero-order chi connectivity index (χ0) is 13.1. The van der Waals surface area contributed by atoms with Crippen LogP contribution in [0.2, 0.25) is 0 Å². The highest BCUT2D eigenvalue weighted by Gasteiger charge is 2.11. The molecular formula is C14H16N2O2. The molecule has 0 bridgehead atoms. The predicted octanol–water partition coefficient (Wildman–Crippen LogP) is 2.76. The minimum Gasteiger partial charge on any atom is -0.351 e. The number of H-pyrrole nitrogens is 2. The number of aryl methyl sites for hydroxylation is 2. The van der Waals surface area contributed by atoms with Gasteiger partial charge in [-0.3, -0.25) is 9.59 Å². The van der Waals surface area contributed by atoms with E-state index in [4.69, 9.17) is 0 Å². The Morgan fingerprint density at radius 2 is 1.28 bits per heavy atom. The summed E-state index contributed by atoms with van der Waals surface area (Å²) in [7, 11) is 0. The van der Waals surface area contributed by atoms with Crippen LogP contribution >= 0.6 is 0 Å². The molecule has 0 aliphatic rings. The van der Waals surface area contributed by atoms with Gasteiger partial charge in [0.25, 0.3) is 0 Å².